The summed E-state index contributed by atoms with van der Waals surface area (Å²) >= 11 is 0. The number of carboxylic acid groups (broad SMARTS) is 1. The molecule has 2 amide bonds. The number of rotatable bonds is 6. The SMILES string of the molecule is CCC[C@H](NC(=O)N(C)CC1CC1)C(=O)O. The maximum absolute atomic E-state index is 11.6. The van der Waals surface area contributed by atoms with Gasteiger partial charge in [-0.3, -0.25) is 0 Å². The van der Waals surface area contributed by atoms with Crippen molar-refractivity contribution in [1.29, 1.82) is 0 Å². The van der Waals surface area contributed by atoms with Crippen LogP contribution < -0.4 is 5.32 Å². The molecule has 0 radical (unpaired) electrons. The molecule has 1 fully saturated rings. The number of nitrogens with one attached hydrogen (secondary N) is 1. The number of urea groups is 1. The molecular formula is C11H20N2O3. The van der Waals surface area contributed by atoms with E-state index in [4.69, 9.17) is 5.11 Å². The molecule has 1 rings (SSSR count). The van der Waals surface area contributed by atoms with Crippen molar-refractivity contribution in [3.8, 4) is 0 Å². The largest absolute Gasteiger partial charge is 0.480 e. The van der Waals surface area contributed by atoms with E-state index in [9.17, 15) is 9.59 Å². The van der Waals surface area contributed by atoms with Crippen LogP contribution in [0.1, 0.15) is 32.6 Å². The molecule has 16 heavy (non-hydrogen) atoms. The topological polar surface area (TPSA) is 69.6 Å². The van der Waals surface area contributed by atoms with Crippen molar-refractivity contribution in [3.63, 3.8) is 0 Å². The fraction of sp³-hybridized carbons (Fsp3) is 0.818. The molecule has 0 spiro atoms. The summed E-state index contributed by atoms with van der Waals surface area (Å²) in [7, 11) is 1.71. The molecule has 0 saturated heterocycles. The van der Waals surface area contributed by atoms with Crippen LogP contribution in [0.25, 0.3) is 0 Å². The Kier molecular flexibility index (Phi) is 4.58. The number of carbonyl (C=O) groups is 2. The van der Waals surface area contributed by atoms with Crippen molar-refractivity contribution < 1.29 is 14.7 Å². The molecule has 92 valence electrons. The Balaban J connectivity index is 2.36. The number of aliphatic carboxylic acids is 1. The Morgan fingerprint density at radius 3 is 2.56 bits per heavy atom. The van der Waals surface area contributed by atoms with Gasteiger partial charge in [-0.15, -0.1) is 0 Å². The number of hydrogen-bond donors (Lipinski definition) is 2. The van der Waals surface area contributed by atoms with E-state index in [0.717, 1.165) is 13.0 Å². The lowest BCUT2D eigenvalue weighted by Gasteiger charge is -2.21. The molecule has 0 aromatic rings. The standard InChI is InChI=1S/C11H20N2O3/c1-3-4-9(10(14)15)12-11(16)13(2)7-8-5-6-8/h8-9H,3-7H2,1-2H3,(H,12,16)(H,14,15)/t9-/m0/s1. The van der Waals surface area contributed by atoms with Crippen LogP contribution in [0.3, 0.4) is 0 Å². The normalized spacial score (nSPS) is 16.6. The van der Waals surface area contributed by atoms with Gasteiger partial charge in [-0.05, 0) is 25.2 Å². The summed E-state index contributed by atoms with van der Waals surface area (Å²) in [6.07, 6.45) is 3.56. The zero-order valence-electron chi connectivity index (χ0n) is 9.90. The average molecular weight is 228 g/mol. The molecule has 0 aromatic heterocycles. The van der Waals surface area contributed by atoms with E-state index in [1.54, 1.807) is 11.9 Å². The number of carbonyl (C=O) groups excluding carboxylic acids is 1. The highest BCUT2D eigenvalue weighted by molar-refractivity contribution is 5.82. The molecule has 0 heterocycles. The molecule has 5 heteroatoms. The van der Waals surface area contributed by atoms with Crippen molar-refractivity contribution >= 4 is 12.0 Å². The van der Waals surface area contributed by atoms with E-state index in [1.165, 1.54) is 12.8 Å². The van der Waals surface area contributed by atoms with Crippen molar-refractivity contribution in [2.75, 3.05) is 13.6 Å². The van der Waals surface area contributed by atoms with Crippen LogP contribution in [0, 0.1) is 5.92 Å². The molecule has 1 aliphatic rings. The van der Waals surface area contributed by atoms with Gasteiger partial charge in [-0.1, -0.05) is 13.3 Å². The minimum absolute atomic E-state index is 0.284. The van der Waals surface area contributed by atoms with Crippen molar-refractivity contribution in [3.05, 3.63) is 0 Å². The number of carboxylic acids is 1. The first-order valence-corrected chi connectivity index (χ1v) is 5.79. The van der Waals surface area contributed by atoms with E-state index >= 15 is 0 Å². The van der Waals surface area contributed by atoms with Crippen LogP contribution >= 0.6 is 0 Å². The summed E-state index contributed by atoms with van der Waals surface area (Å²) in [6.45, 7) is 2.63. The minimum atomic E-state index is -0.963. The molecule has 2 N–H and O–H groups in total. The molecule has 0 aromatic carbocycles. The van der Waals surface area contributed by atoms with E-state index < -0.39 is 12.0 Å². The highest BCUT2D eigenvalue weighted by Crippen LogP contribution is 2.29. The Labute approximate surface area is 95.8 Å². The summed E-state index contributed by atoms with van der Waals surface area (Å²) in [5.74, 6) is -0.347. The molecule has 5 nitrogen and oxygen atoms in total. The quantitative estimate of drug-likeness (QED) is 0.719. The lowest BCUT2D eigenvalue weighted by molar-refractivity contribution is -0.139. The highest BCUT2D eigenvalue weighted by Gasteiger charge is 2.26. The first-order chi connectivity index (χ1) is 7.54. The van der Waals surface area contributed by atoms with Crippen LogP contribution in [-0.2, 0) is 4.79 Å². The molecular weight excluding hydrogens is 208 g/mol. The summed E-state index contributed by atoms with van der Waals surface area (Å²) in [5, 5.41) is 11.4. The highest BCUT2D eigenvalue weighted by atomic mass is 16.4. The number of hydrogen-bond acceptors (Lipinski definition) is 2. The summed E-state index contributed by atoms with van der Waals surface area (Å²) in [5.41, 5.74) is 0. The van der Waals surface area contributed by atoms with Crippen LogP contribution in [0.5, 0.6) is 0 Å². The second-order valence-electron chi connectivity index (χ2n) is 4.45. The first kappa shape index (κ1) is 12.8. The molecule has 0 bridgehead atoms. The fourth-order valence-corrected chi connectivity index (χ4v) is 1.58. The second-order valence-corrected chi connectivity index (χ2v) is 4.45. The van der Waals surface area contributed by atoms with Gasteiger partial charge in [0.15, 0.2) is 0 Å². The summed E-state index contributed by atoms with van der Waals surface area (Å²) in [4.78, 5) is 24.1. The van der Waals surface area contributed by atoms with Crippen LogP contribution in [-0.4, -0.2) is 41.6 Å². The predicted molar refractivity (Wildman–Crippen MR) is 60.2 cm³/mol. The predicted octanol–water partition coefficient (Wildman–Crippen LogP) is 1.29. The third kappa shape index (κ3) is 4.08. The molecule has 0 aliphatic heterocycles. The average Bonchev–Trinajstić information content (AvgIpc) is 3.00. The van der Waals surface area contributed by atoms with E-state index in [2.05, 4.69) is 5.32 Å². The lowest BCUT2D eigenvalue weighted by atomic mass is 10.2. The number of nitrogens with zero attached hydrogens (tertiary/aromatic N) is 1. The van der Waals surface area contributed by atoms with Crippen molar-refractivity contribution in [1.82, 2.24) is 10.2 Å². The van der Waals surface area contributed by atoms with Crippen LogP contribution in [0.15, 0.2) is 0 Å². The van der Waals surface area contributed by atoms with Gasteiger partial charge in [0, 0.05) is 13.6 Å². The lowest BCUT2D eigenvalue weighted by Crippen LogP contribution is -2.47. The first-order valence-electron chi connectivity index (χ1n) is 5.79. The van der Waals surface area contributed by atoms with E-state index in [0.29, 0.717) is 12.3 Å². The van der Waals surface area contributed by atoms with Gasteiger partial charge in [-0.2, -0.15) is 0 Å². The Morgan fingerprint density at radius 1 is 1.50 bits per heavy atom. The van der Waals surface area contributed by atoms with Crippen LogP contribution in [0.4, 0.5) is 4.79 Å². The monoisotopic (exact) mass is 228 g/mol. The second kappa shape index (κ2) is 5.72. The molecule has 1 atom stereocenters. The number of amides is 2. The third-order valence-electron chi connectivity index (χ3n) is 2.75. The maximum atomic E-state index is 11.6. The zero-order chi connectivity index (χ0) is 12.1. The Bertz CT molecular complexity index is 264. The smallest absolute Gasteiger partial charge is 0.326 e. The van der Waals surface area contributed by atoms with E-state index in [1.807, 2.05) is 6.92 Å². The van der Waals surface area contributed by atoms with Crippen molar-refractivity contribution in [2.45, 2.75) is 38.6 Å². The summed E-state index contributed by atoms with van der Waals surface area (Å²) in [6, 6.07) is -1.05. The zero-order valence-corrected chi connectivity index (χ0v) is 9.90. The fourth-order valence-electron chi connectivity index (χ4n) is 1.58. The third-order valence-corrected chi connectivity index (χ3v) is 2.75. The maximum Gasteiger partial charge on any atom is 0.326 e. The molecule has 0 unspecified atom stereocenters. The summed E-state index contributed by atoms with van der Waals surface area (Å²) < 4.78 is 0. The van der Waals surface area contributed by atoms with Gasteiger partial charge in [0.1, 0.15) is 6.04 Å². The van der Waals surface area contributed by atoms with Gasteiger partial charge >= 0.3 is 12.0 Å². The van der Waals surface area contributed by atoms with E-state index in [-0.39, 0.29) is 6.03 Å². The minimum Gasteiger partial charge on any atom is -0.480 e. The van der Waals surface area contributed by atoms with Gasteiger partial charge in [-0.25, -0.2) is 9.59 Å². The van der Waals surface area contributed by atoms with Gasteiger partial charge in [0.2, 0.25) is 0 Å². The molecule has 1 saturated carbocycles. The van der Waals surface area contributed by atoms with Crippen molar-refractivity contribution in [2.24, 2.45) is 5.92 Å². The Morgan fingerprint density at radius 2 is 2.12 bits per heavy atom. The van der Waals surface area contributed by atoms with Crippen LogP contribution in [0.2, 0.25) is 0 Å². The van der Waals surface area contributed by atoms with Gasteiger partial charge < -0.3 is 15.3 Å². The van der Waals surface area contributed by atoms with Gasteiger partial charge in [0.25, 0.3) is 0 Å². The Hall–Kier alpha value is -1.26. The van der Waals surface area contributed by atoms with Gasteiger partial charge in [0.05, 0.1) is 0 Å². The molecule has 1 aliphatic carbocycles.